The van der Waals surface area contributed by atoms with E-state index in [1.807, 2.05) is 67.0 Å². The molecule has 2 heterocycles. The Balaban J connectivity index is 1.75. The summed E-state index contributed by atoms with van der Waals surface area (Å²) in [6, 6.07) is 12.5. The van der Waals surface area contributed by atoms with Crippen molar-refractivity contribution in [3.05, 3.63) is 83.7 Å². The van der Waals surface area contributed by atoms with Gasteiger partial charge in [-0.2, -0.15) is 0 Å². The minimum Gasteiger partial charge on any atom is -0.0614 e. The molecule has 0 saturated heterocycles. The predicted octanol–water partition coefficient (Wildman–Crippen LogP) is 3.86. The predicted molar refractivity (Wildman–Crippen MR) is 153 cm³/mol. The van der Waals surface area contributed by atoms with Gasteiger partial charge in [0.05, 0.1) is 0 Å². The van der Waals surface area contributed by atoms with E-state index in [2.05, 4.69) is 20.8 Å². The summed E-state index contributed by atoms with van der Waals surface area (Å²) in [5.41, 5.74) is 3.79. The second kappa shape index (κ2) is 10.4. The second-order valence-corrected chi connectivity index (χ2v) is 16.3. The second-order valence-electron chi connectivity index (χ2n) is 11.4. The fourth-order valence-electron chi connectivity index (χ4n) is 5.08. The minimum absolute atomic E-state index is 0.0145. The van der Waals surface area contributed by atoms with Gasteiger partial charge in [-0.3, -0.25) is 0 Å². The van der Waals surface area contributed by atoms with Gasteiger partial charge >= 0.3 is 194 Å². The average molecular weight is 617 g/mol. The van der Waals surface area contributed by atoms with Crippen molar-refractivity contribution in [3.63, 3.8) is 0 Å². The van der Waals surface area contributed by atoms with Gasteiger partial charge < -0.3 is 0 Å². The van der Waals surface area contributed by atoms with Crippen LogP contribution in [0.25, 0.3) is 5.57 Å². The fraction of sp³-hybridized carbons (Fsp3) is 0.345. The summed E-state index contributed by atoms with van der Waals surface area (Å²) in [6.45, 7) is 10.7. The molecule has 8 nitrogen and oxygen atoms in total. The van der Waals surface area contributed by atoms with E-state index in [1.165, 1.54) is 6.07 Å². The summed E-state index contributed by atoms with van der Waals surface area (Å²) >= 11 is -5.14. The molecule has 0 atom stereocenters. The molecule has 0 amide bonds. The topological polar surface area (TPSA) is 124 Å². The van der Waals surface area contributed by atoms with Crippen LogP contribution >= 0.6 is 0 Å². The Morgan fingerprint density at radius 1 is 1.10 bits per heavy atom. The molecule has 0 bridgehead atoms. The zero-order valence-corrected chi connectivity index (χ0v) is 25.4. The van der Waals surface area contributed by atoms with Gasteiger partial charge in [-0.05, 0) is 0 Å². The van der Waals surface area contributed by atoms with Crippen molar-refractivity contribution in [2.24, 2.45) is 5.41 Å². The van der Waals surface area contributed by atoms with Crippen molar-refractivity contribution in [1.29, 1.82) is 0 Å². The van der Waals surface area contributed by atoms with Gasteiger partial charge in [-0.15, -0.1) is 0 Å². The summed E-state index contributed by atoms with van der Waals surface area (Å²) in [5, 5.41) is 0. The molecular weight excluding hydrogens is 581 g/mol. The van der Waals surface area contributed by atoms with Crippen LogP contribution < -0.4 is 9.09 Å². The van der Waals surface area contributed by atoms with Crippen molar-refractivity contribution in [3.8, 4) is 5.75 Å². The molecule has 2 aliphatic heterocycles. The molecule has 0 spiro atoms. The van der Waals surface area contributed by atoms with Crippen molar-refractivity contribution in [2.75, 3.05) is 12.3 Å². The molecule has 3 N–H and O–H groups in total. The Bertz CT molecular complexity index is 1590. The first-order chi connectivity index (χ1) is 18.0. The number of nitrogens with zero attached hydrogens (tertiary/aromatic N) is 1. The van der Waals surface area contributed by atoms with Crippen LogP contribution in [-0.4, -0.2) is 57.9 Å². The molecular formula is C29H35AsNO7S+. The molecule has 0 aliphatic carbocycles. The molecule has 10 heteroatoms. The smallest absolute Gasteiger partial charge is 0.0614 e. The van der Waals surface area contributed by atoms with Gasteiger partial charge in [0.1, 0.15) is 0 Å². The Hall–Kier alpha value is -2.68. The van der Waals surface area contributed by atoms with Gasteiger partial charge in [0.15, 0.2) is 0 Å². The van der Waals surface area contributed by atoms with Crippen LogP contribution in [0, 0.1) is 5.41 Å². The first kappa shape index (κ1) is 29.3. The van der Waals surface area contributed by atoms with Crippen LogP contribution in [0.2, 0.25) is 0 Å². The van der Waals surface area contributed by atoms with Gasteiger partial charge in [0.2, 0.25) is 0 Å². The molecule has 39 heavy (non-hydrogen) atoms. The van der Waals surface area contributed by atoms with E-state index in [0.29, 0.717) is 12.3 Å². The van der Waals surface area contributed by atoms with Gasteiger partial charge in [-0.1, -0.05) is 39.0 Å². The minimum atomic E-state index is -5.14. The molecule has 0 unspecified atom stereocenters. The Morgan fingerprint density at radius 2 is 1.79 bits per heavy atom. The van der Waals surface area contributed by atoms with Crippen molar-refractivity contribution in [1.82, 2.24) is 0 Å². The molecule has 0 saturated carbocycles. The molecule has 4 rings (SSSR count). The van der Waals surface area contributed by atoms with E-state index in [9.17, 15) is 24.9 Å². The number of para-hydroxylation sites is 1. The summed E-state index contributed by atoms with van der Waals surface area (Å²) < 4.78 is 71.6. The standard InChI is InChI=1S/C29H34AsNO7S/c1-28(2,3)23-19-21(38-26-12-7-6-11-22(23)26)10-8-13-27-29(4,5)24-18-20(30(32,33)34)14-15-25(24)31(27)16-9-17-39(35,36)37/h6-8,10-15,18-19H,9,16-17H2,1-5H3,(H2-,32,33,34,35,36,37)/p+1. The zero-order valence-electron chi connectivity index (χ0n) is 22.7. The number of hydrogen-bond acceptors (Lipinski definition) is 4. The quantitative estimate of drug-likeness (QED) is 0.245. The molecule has 2 aromatic carbocycles. The van der Waals surface area contributed by atoms with Crippen LogP contribution in [0.1, 0.15) is 52.2 Å². The normalized spacial score (nSPS) is 18.3. The number of allylic oxidation sites excluding steroid dienone is 5. The molecule has 2 aromatic rings. The Kier molecular flexibility index (Phi) is 7.80. The number of hydrogen-bond donors (Lipinski definition) is 3. The van der Waals surface area contributed by atoms with Gasteiger partial charge in [0.25, 0.3) is 0 Å². The van der Waals surface area contributed by atoms with Gasteiger partial charge in [0, 0.05) is 0 Å². The third kappa shape index (κ3) is 6.39. The van der Waals surface area contributed by atoms with Crippen molar-refractivity contribution in [2.45, 2.75) is 46.5 Å². The summed E-state index contributed by atoms with van der Waals surface area (Å²) in [5.74, 6) is 1.06. The third-order valence-corrected chi connectivity index (χ3v) is 9.81. The van der Waals surface area contributed by atoms with Crippen LogP contribution in [0.15, 0.2) is 72.5 Å². The van der Waals surface area contributed by atoms with Crippen LogP contribution in [0.5, 0.6) is 5.75 Å². The van der Waals surface area contributed by atoms with Crippen LogP contribution in [-0.2, 0) is 19.3 Å². The molecule has 0 fully saturated rings. The van der Waals surface area contributed by atoms with E-state index >= 15 is 0 Å². The van der Waals surface area contributed by atoms with Gasteiger partial charge in [-0.25, -0.2) is 0 Å². The third-order valence-electron chi connectivity index (χ3n) is 7.01. The van der Waals surface area contributed by atoms with E-state index in [-0.39, 0.29) is 16.2 Å². The maximum atomic E-state index is 12.0. The van der Waals surface area contributed by atoms with Crippen LogP contribution in [0.4, 0.5) is 5.69 Å². The summed E-state index contributed by atoms with van der Waals surface area (Å²) in [4.78, 5) is 0. The first-order valence-corrected chi connectivity index (χ1v) is 17.7. The van der Waals surface area contributed by atoms with Crippen molar-refractivity contribution < 1.29 is 34.2 Å². The van der Waals surface area contributed by atoms with Crippen LogP contribution in [0.3, 0.4) is 0 Å². The molecule has 0 aromatic heterocycles. The van der Waals surface area contributed by atoms with E-state index in [4.69, 9.17) is 4.74 Å². The SMILES string of the molecule is CC(C)(C)C1=CC(=CC=CC2=[N+](CCCS(=O)(=O)O)c3ccc([As](=O)(O)O)cc3C2(C)C)Oc2ccccc21. The molecule has 2 aliphatic rings. The summed E-state index contributed by atoms with van der Waals surface area (Å²) in [7, 11) is -4.13. The molecule has 208 valence electrons. The monoisotopic (exact) mass is 616 g/mol. The molecule has 0 radical (unpaired) electrons. The fourth-order valence-corrected chi connectivity index (χ4v) is 6.76. The zero-order chi connectivity index (χ0) is 28.8. The van der Waals surface area contributed by atoms with Crippen molar-refractivity contribution >= 4 is 45.6 Å². The number of fused-ring (bicyclic) bond motifs is 2. The summed E-state index contributed by atoms with van der Waals surface area (Å²) in [6.07, 6.45) is 7.86. The van der Waals surface area contributed by atoms with E-state index in [0.717, 1.165) is 33.8 Å². The number of benzene rings is 2. The number of rotatable bonds is 7. The average Bonchev–Trinajstić information content (AvgIpc) is 3.02. The maximum absolute atomic E-state index is 12.0. The Labute approximate surface area is 232 Å². The number of ether oxygens (including phenoxy) is 1. The van der Waals surface area contributed by atoms with E-state index < -0.39 is 35.5 Å². The van der Waals surface area contributed by atoms with E-state index in [1.54, 1.807) is 12.1 Å². The Morgan fingerprint density at radius 3 is 2.44 bits per heavy atom. The first-order valence-electron chi connectivity index (χ1n) is 12.7.